The van der Waals surface area contributed by atoms with Gasteiger partial charge >= 0.3 is 6.09 Å². The van der Waals surface area contributed by atoms with Crippen molar-refractivity contribution in [2.45, 2.75) is 6.10 Å². The van der Waals surface area contributed by atoms with Gasteiger partial charge in [-0.25, -0.2) is 4.79 Å². The molecule has 0 aromatic heterocycles. The van der Waals surface area contributed by atoms with Gasteiger partial charge in [-0.05, 0) is 36.4 Å². The number of amides is 2. The first-order valence-corrected chi connectivity index (χ1v) is 7.58. The Balaban J connectivity index is 1.58. The van der Waals surface area contributed by atoms with Crippen molar-refractivity contribution in [1.29, 1.82) is 0 Å². The van der Waals surface area contributed by atoms with Crippen molar-refractivity contribution in [1.82, 2.24) is 5.32 Å². The fourth-order valence-corrected chi connectivity index (χ4v) is 2.48. The highest BCUT2D eigenvalue weighted by Crippen LogP contribution is 2.23. The summed E-state index contributed by atoms with van der Waals surface area (Å²) in [6, 6.07) is 15.9. The molecule has 3 rings (SSSR count). The normalized spacial score (nSPS) is 17.0. The molecule has 0 bridgehead atoms. The predicted molar refractivity (Wildman–Crippen MR) is 87.8 cm³/mol. The molecule has 1 N–H and O–H groups in total. The molecule has 1 saturated heterocycles. The van der Waals surface area contributed by atoms with Crippen LogP contribution in [0.3, 0.4) is 0 Å². The lowest BCUT2D eigenvalue weighted by atomic mass is 10.2. The van der Waals surface area contributed by atoms with Crippen LogP contribution in [-0.2, 0) is 4.74 Å². The maximum atomic E-state index is 12.0. The minimum absolute atomic E-state index is 0.188. The predicted octanol–water partition coefficient (Wildman–Crippen LogP) is 3.10. The lowest BCUT2D eigenvalue weighted by Gasteiger charge is -2.13. The van der Waals surface area contributed by atoms with Gasteiger partial charge in [-0.15, -0.1) is 0 Å². The second-order valence-corrected chi connectivity index (χ2v) is 5.61. The van der Waals surface area contributed by atoms with E-state index in [9.17, 15) is 9.59 Å². The Morgan fingerprint density at radius 2 is 1.87 bits per heavy atom. The molecule has 1 heterocycles. The molecule has 5 nitrogen and oxygen atoms in total. The maximum Gasteiger partial charge on any atom is 0.414 e. The molecule has 1 atom stereocenters. The average molecular weight is 331 g/mol. The van der Waals surface area contributed by atoms with Crippen molar-refractivity contribution < 1.29 is 14.3 Å². The van der Waals surface area contributed by atoms with Crippen molar-refractivity contribution in [3.8, 4) is 0 Å². The van der Waals surface area contributed by atoms with Crippen LogP contribution in [0.5, 0.6) is 0 Å². The molecular weight excluding hydrogens is 316 g/mol. The number of carbonyl (C=O) groups is 2. The summed E-state index contributed by atoms with van der Waals surface area (Å²) in [5.74, 6) is -0.188. The van der Waals surface area contributed by atoms with Gasteiger partial charge in [0.2, 0.25) is 0 Å². The van der Waals surface area contributed by atoms with E-state index in [1.807, 2.05) is 6.07 Å². The SMILES string of the molecule is O=C(NCC1CN(c2ccc(Cl)cc2)C(=O)O1)c1ccccc1. The van der Waals surface area contributed by atoms with Crippen LogP contribution in [0.15, 0.2) is 54.6 Å². The van der Waals surface area contributed by atoms with Crippen molar-refractivity contribution in [3.63, 3.8) is 0 Å². The van der Waals surface area contributed by atoms with Crippen LogP contribution in [0.4, 0.5) is 10.5 Å². The Kier molecular flexibility index (Phi) is 4.48. The Morgan fingerprint density at radius 1 is 1.17 bits per heavy atom. The molecular formula is C17H15ClN2O3. The number of hydrogen-bond acceptors (Lipinski definition) is 3. The Hall–Kier alpha value is -2.53. The summed E-state index contributed by atoms with van der Waals surface area (Å²) in [6.07, 6.45) is -0.808. The molecule has 1 aliphatic heterocycles. The van der Waals surface area contributed by atoms with Crippen LogP contribution in [0, 0.1) is 0 Å². The number of rotatable bonds is 4. The topological polar surface area (TPSA) is 58.6 Å². The van der Waals surface area contributed by atoms with Gasteiger partial charge in [0.15, 0.2) is 0 Å². The molecule has 1 aliphatic rings. The fraction of sp³-hybridized carbons (Fsp3) is 0.176. The summed E-state index contributed by atoms with van der Waals surface area (Å²) in [4.78, 5) is 25.5. The first-order valence-electron chi connectivity index (χ1n) is 7.20. The lowest BCUT2D eigenvalue weighted by molar-refractivity contribution is 0.0916. The van der Waals surface area contributed by atoms with E-state index < -0.39 is 6.09 Å². The van der Waals surface area contributed by atoms with Crippen LogP contribution in [0.1, 0.15) is 10.4 Å². The number of benzene rings is 2. The van der Waals surface area contributed by atoms with E-state index in [2.05, 4.69) is 5.32 Å². The van der Waals surface area contributed by atoms with Crippen molar-refractivity contribution in [2.24, 2.45) is 0 Å². The summed E-state index contributed by atoms with van der Waals surface area (Å²) >= 11 is 5.84. The van der Waals surface area contributed by atoms with Crippen molar-refractivity contribution in [2.75, 3.05) is 18.0 Å². The zero-order valence-corrected chi connectivity index (χ0v) is 13.0. The number of hydrogen-bond donors (Lipinski definition) is 1. The zero-order chi connectivity index (χ0) is 16.2. The number of anilines is 1. The van der Waals surface area contributed by atoms with E-state index in [1.54, 1.807) is 48.5 Å². The minimum Gasteiger partial charge on any atom is -0.442 e. The maximum absolute atomic E-state index is 12.0. The quantitative estimate of drug-likeness (QED) is 0.937. The second kappa shape index (κ2) is 6.71. The molecule has 2 aromatic carbocycles. The van der Waals surface area contributed by atoms with E-state index >= 15 is 0 Å². The summed E-state index contributed by atoms with van der Waals surface area (Å²) in [7, 11) is 0. The number of carbonyl (C=O) groups excluding carboxylic acids is 2. The van der Waals surface area contributed by atoms with Gasteiger partial charge in [-0.3, -0.25) is 9.69 Å². The third-order valence-corrected chi connectivity index (χ3v) is 3.79. The second-order valence-electron chi connectivity index (χ2n) is 5.17. The van der Waals surface area contributed by atoms with Crippen LogP contribution in [0.25, 0.3) is 0 Å². The van der Waals surface area contributed by atoms with E-state index in [1.165, 1.54) is 4.90 Å². The Bertz CT molecular complexity index is 704. The van der Waals surface area contributed by atoms with Gasteiger partial charge < -0.3 is 10.1 Å². The lowest BCUT2D eigenvalue weighted by Crippen LogP contribution is -2.34. The van der Waals surface area contributed by atoms with Gasteiger partial charge in [0.05, 0.1) is 13.1 Å². The molecule has 0 radical (unpaired) electrons. The van der Waals surface area contributed by atoms with Gasteiger partial charge in [-0.2, -0.15) is 0 Å². The largest absolute Gasteiger partial charge is 0.442 e. The number of nitrogens with zero attached hydrogens (tertiary/aromatic N) is 1. The molecule has 2 aromatic rings. The third-order valence-electron chi connectivity index (χ3n) is 3.54. The first-order chi connectivity index (χ1) is 11.1. The highest BCUT2D eigenvalue weighted by atomic mass is 35.5. The number of ether oxygens (including phenoxy) is 1. The average Bonchev–Trinajstić information content (AvgIpc) is 2.95. The van der Waals surface area contributed by atoms with Crippen LogP contribution in [-0.4, -0.2) is 31.2 Å². The minimum atomic E-state index is -0.425. The Morgan fingerprint density at radius 3 is 2.57 bits per heavy atom. The van der Waals surface area contributed by atoms with Crippen molar-refractivity contribution in [3.05, 3.63) is 65.2 Å². The summed E-state index contributed by atoms with van der Waals surface area (Å²) in [5, 5.41) is 3.38. The number of nitrogens with one attached hydrogen (secondary N) is 1. The number of cyclic esters (lactones) is 1. The fourth-order valence-electron chi connectivity index (χ4n) is 2.36. The smallest absolute Gasteiger partial charge is 0.414 e. The van der Waals surface area contributed by atoms with Gasteiger partial charge in [0, 0.05) is 16.3 Å². The summed E-state index contributed by atoms with van der Waals surface area (Å²) in [5.41, 5.74) is 1.29. The van der Waals surface area contributed by atoms with Crippen LogP contribution < -0.4 is 10.2 Å². The molecule has 0 aliphatic carbocycles. The van der Waals surface area contributed by atoms with Crippen LogP contribution >= 0.6 is 11.6 Å². The molecule has 118 valence electrons. The van der Waals surface area contributed by atoms with E-state index in [0.717, 1.165) is 5.69 Å². The molecule has 1 unspecified atom stereocenters. The third kappa shape index (κ3) is 3.63. The van der Waals surface area contributed by atoms with E-state index in [-0.39, 0.29) is 18.6 Å². The standard InChI is InChI=1S/C17H15ClN2O3/c18-13-6-8-14(9-7-13)20-11-15(23-17(20)22)10-19-16(21)12-4-2-1-3-5-12/h1-9,15H,10-11H2,(H,19,21). The summed E-state index contributed by atoms with van der Waals surface area (Å²) in [6.45, 7) is 0.652. The van der Waals surface area contributed by atoms with E-state index in [0.29, 0.717) is 17.1 Å². The Labute approximate surface area is 138 Å². The molecule has 6 heteroatoms. The van der Waals surface area contributed by atoms with Gasteiger partial charge in [0.25, 0.3) is 5.91 Å². The monoisotopic (exact) mass is 330 g/mol. The molecule has 0 spiro atoms. The zero-order valence-electron chi connectivity index (χ0n) is 12.2. The first kappa shape index (κ1) is 15.4. The molecule has 0 saturated carbocycles. The molecule has 2 amide bonds. The van der Waals surface area contributed by atoms with E-state index in [4.69, 9.17) is 16.3 Å². The summed E-state index contributed by atoms with van der Waals surface area (Å²) < 4.78 is 5.28. The van der Waals surface area contributed by atoms with Gasteiger partial charge in [-0.1, -0.05) is 29.8 Å². The molecule has 23 heavy (non-hydrogen) atoms. The van der Waals surface area contributed by atoms with Crippen LogP contribution in [0.2, 0.25) is 5.02 Å². The highest BCUT2D eigenvalue weighted by molar-refractivity contribution is 6.30. The van der Waals surface area contributed by atoms with Crippen molar-refractivity contribution >= 4 is 29.3 Å². The van der Waals surface area contributed by atoms with Gasteiger partial charge in [0.1, 0.15) is 6.10 Å². The number of halogens is 1. The molecule has 1 fully saturated rings. The highest BCUT2D eigenvalue weighted by Gasteiger charge is 2.32.